The summed E-state index contributed by atoms with van der Waals surface area (Å²) in [5.41, 5.74) is 0. The molecule has 0 rings (SSSR count). The van der Waals surface area contributed by atoms with Crippen LogP contribution in [0.4, 0.5) is 0 Å². The minimum absolute atomic E-state index is 0.00237. The van der Waals surface area contributed by atoms with Crippen LogP contribution >= 0.6 is 7.82 Å². The summed E-state index contributed by atoms with van der Waals surface area (Å²) in [6, 6.07) is -0.880. The Morgan fingerprint density at radius 2 is 0.915 bits per heavy atom. The summed E-state index contributed by atoms with van der Waals surface area (Å²) in [5.74, 6) is -0.194. The van der Waals surface area contributed by atoms with Crippen molar-refractivity contribution in [3.63, 3.8) is 0 Å². The first-order chi connectivity index (χ1) is 28.5. The van der Waals surface area contributed by atoms with Crippen LogP contribution < -0.4 is 10.2 Å². The second kappa shape index (κ2) is 42.5. The van der Waals surface area contributed by atoms with Gasteiger partial charge in [-0.05, 0) is 19.3 Å². The molecule has 9 heteroatoms. The van der Waals surface area contributed by atoms with Crippen molar-refractivity contribution in [3.8, 4) is 0 Å². The molecule has 0 aromatic carbocycles. The number of nitrogens with zero attached hydrogens (tertiary/aromatic N) is 1. The largest absolute Gasteiger partial charge is 0.756 e. The number of aliphatic hydroxyl groups excluding tert-OH is 1. The predicted octanol–water partition coefficient (Wildman–Crippen LogP) is 14.1. The first kappa shape index (κ1) is 58.2. The number of amides is 1. The second-order valence-electron chi connectivity index (χ2n) is 18.9. The van der Waals surface area contributed by atoms with Gasteiger partial charge in [0.1, 0.15) is 13.2 Å². The Hall–Kier alpha value is -0.760. The van der Waals surface area contributed by atoms with E-state index in [1.54, 1.807) is 6.08 Å². The Balaban J connectivity index is 4.25. The van der Waals surface area contributed by atoms with Gasteiger partial charge in [0.05, 0.1) is 39.9 Å². The maximum atomic E-state index is 12.9. The van der Waals surface area contributed by atoms with Gasteiger partial charge in [0.25, 0.3) is 7.82 Å². The molecule has 2 N–H and O–H groups in total. The average Bonchev–Trinajstić information content (AvgIpc) is 3.19. The fraction of sp³-hybridized carbons (Fsp3) is 0.940. The number of phosphoric ester groups is 1. The molecule has 0 aliphatic rings. The van der Waals surface area contributed by atoms with Crippen molar-refractivity contribution in [1.82, 2.24) is 5.32 Å². The minimum Gasteiger partial charge on any atom is -0.756 e. The van der Waals surface area contributed by atoms with Crippen molar-refractivity contribution < 1.29 is 32.9 Å². The molecular weight excluding hydrogens is 756 g/mol. The zero-order valence-electron chi connectivity index (χ0n) is 40.0. The number of carbonyl (C=O) groups is 1. The molecule has 1 amide bonds. The lowest BCUT2D eigenvalue weighted by Gasteiger charge is -2.29. The van der Waals surface area contributed by atoms with E-state index >= 15 is 0 Å². The smallest absolute Gasteiger partial charge is 0.268 e. The standard InChI is InChI=1S/C50H101N2O6P/c1-6-8-10-12-14-16-18-20-22-23-24-25-26-27-28-29-30-31-33-35-37-39-41-43-49(53)48(47-58-59(55,56)57-46-45-52(3,4)5)51-50(54)44-42-40-38-36-34-32-21-19-17-15-13-11-9-7-2/h41,43,48-49,53H,6-40,42,44-47H2,1-5H3,(H-,51,54,55,56)/b43-41+. The van der Waals surface area contributed by atoms with E-state index in [4.69, 9.17) is 9.05 Å². The summed E-state index contributed by atoms with van der Waals surface area (Å²) in [7, 11) is 1.27. The third kappa shape index (κ3) is 45.1. The minimum atomic E-state index is -4.59. The Morgan fingerprint density at radius 1 is 0.576 bits per heavy atom. The van der Waals surface area contributed by atoms with Gasteiger partial charge >= 0.3 is 0 Å². The molecule has 0 heterocycles. The third-order valence-corrected chi connectivity index (χ3v) is 12.7. The van der Waals surface area contributed by atoms with Gasteiger partial charge in [-0.1, -0.05) is 238 Å². The van der Waals surface area contributed by atoms with E-state index in [0.29, 0.717) is 17.4 Å². The number of phosphoric acid groups is 1. The summed E-state index contributed by atoms with van der Waals surface area (Å²) in [6.07, 6.45) is 49.8. The molecule has 59 heavy (non-hydrogen) atoms. The number of carbonyl (C=O) groups excluding carboxylic acids is 1. The lowest BCUT2D eigenvalue weighted by molar-refractivity contribution is -0.870. The zero-order chi connectivity index (χ0) is 43.6. The molecule has 0 saturated heterocycles. The van der Waals surface area contributed by atoms with E-state index in [9.17, 15) is 19.4 Å². The quantitative estimate of drug-likeness (QED) is 0.0273. The van der Waals surface area contributed by atoms with E-state index in [1.165, 1.54) is 193 Å². The third-order valence-electron chi connectivity index (χ3n) is 11.7. The summed E-state index contributed by atoms with van der Waals surface area (Å²) < 4.78 is 23.3. The molecule has 0 saturated carbocycles. The summed E-state index contributed by atoms with van der Waals surface area (Å²) in [4.78, 5) is 25.4. The lowest BCUT2D eigenvalue weighted by Crippen LogP contribution is -2.45. The number of likely N-dealkylation sites (N-methyl/N-ethyl adjacent to an activating group) is 1. The summed E-state index contributed by atoms with van der Waals surface area (Å²) >= 11 is 0. The van der Waals surface area contributed by atoms with Crippen LogP contribution in [0.2, 0.25) is 0 Å². The van der Waals surface area contributed by atoms with Crippen molar-refractivity contribution in [2.75, 3.05) is 40.9 Å². The Bertz CT molecular complexity index is 974. The highest BCUT2D eigenvalue weighted by Crippen LogP contribution is 2.38. The zero-order valence-corrected chi connectivity index (χ0v) is 40.9. The van der Waals surface area contributed by atoms with Crippen LogP contribution in [0.1, 0.15) is 251 Å². The van der Waals surface area contributed by atoms with Gasteiger partial charge in [-0.2, -0.15) is 0 Å². The maximum Gasteiger partial charge on any atom is 0.268 e. The van der Waals surface area contributed by atoms with Crippen LogP contribution in [0.25, 0.3) is 0 Å². The van der Waals surface area contributed by atoms with Crippen LogP contribution in [0, 0.1) is 0 Å². The van der Waals surface area contributed by atoms with Crippen LogP contribution in [-0.4, -0.2) is 68.5 Å². The van der Waals surface area contributed by atoms with Crippen molar-refractivity contribution >= 4 is 13.7 Å². The molecule has 0 radical (unpaired) electrons. The van der Waals surface area contributed by atoms with Gasteiger partial charge in [0.2, 0.25) is 5.91 Å². The molecule has 352 valence electrons. The number of nitrogens with one attached hydrogen (secondary N) is 1. The number of allylic oxidation sites excluding steroid dienone is 1. The fourth-order valence-electron chi connectivity index (χ4n) is 7.68. The highest BCUT2D eigenvalue weighted by atomic mass is 31.2. The first-order valence-corrected chi connectivity index (χ1v) is 27.0. The number of aliphatic hydroxyl groups is 1. The second-order valence-corrected chi connectivity index (χ2v) is 20.3. The fourth-order valence-corrected chi connectivity index (χ4v) is 8.41. The summed E-state index contributed by atoms with van der Waals surface area (Å²) in [5, 5.41) is 13.8. The molecule has 0 aromatic rings. The van der Waals surface area contributed by atoms with Gasteiger partial charge in [-0.25, -0.2) is 0 Å². The normalized spacial score (nSPS) is 14.2. The predicted molar refractivity (Wildman–Crippen MR) is 252 cm³/mol. The molecule has 8 nitrogen and oxygen atoms in total. The molecule has 0 fully saturated rings. The number of quaternary nitrogens is 1. The van der Waals surface area contributed by atoms with Crippen LogP contribution in [0.5, 0.6) is 0 Å². The topological polar surface area (TPSA) is 108 Å². The van der Waals surface area contributed by atoms with Crippen LogP contribution in [0.15, 0.2) is 12.2 Å². The molecule has 3 atom stereocenters. The molecule has 3 unspecified atom stereocenters. The number of hydrogen-bond donors (Lipinski definition) is 2. The van der Waals surface area contributed by atoms with E-state index in [0.717, 1.165) is 38.5 Å². The average molecular weight is 857 g/mol. The van der Waals surface area contributed by atoms with Gasteiger partial charge in [0.15, 0.2) is 0 Å². The van der Waals surface area contributed by atoms with Gasteiger partial charge < -0.3 is 28.8 Å². The number of hydrogen-bond acceptors (Lipinski definition) is 6. The first-order valence-electron chi connectivity index (χ1n) is 25.6. The number of rotatable bonds is 47. The van der Waals surface area contributed by atoms with Crippen LogP contribution in [-0.2, 0) is 18.4 Å². The highest BCUT2D eigenvalue weighted by Gasteiger charge is 2.23. The molecule has 0 aliphatic heterocycles. The Kier molecular flexibility index (Phi) is 42.0. The molecule has 0 aromatic heterocycles. The van der Waals surface area contributed by atoms with Crippen molar-refractivity contribution in [1.29, 1.82) is 0 Å². The van der Waals surface area contributed by atoms with E-state index < -0.39 is 20.0 Å². The van der Waals surface area contributed by atoms with Gasteiger partial charge in [-0.3, -0.25) is 9.36 Å². The van der Waals surface area contributed by atoms with Crippen LogP contribution in [0.3, 0.4) is 0 Å². The molecule has 0 spiro atoms. The van der Waals surface area contributed by atoms with E-state index in [1.807, 2.05) is 27.2 Å². The summed E-state index contributed by atoms with van der Waals surface area (Å²) in [6.45, 7) is 4.68. The van der Waals surface area contributed by atoms with E-state index in [2.05, 4.69) is 19.2 Å². The molecule has 0 bridgehead atoms. The van der Waals surface area contributed by atoms with Gasteiger partial charge in [-0.15, -0.1) is 0 Å². The monoisotopic (exact) mass is 857 g/mol. The lowest BCUT2D eigenvalue weighted by atomic mass is 10.0. The van der Waals surface area contributed by atoms with Gasteiger partial charge in [0, 0.05) is 6.42 Å². The van der Waals surface area contributed by atoms with Crippen molar-refractivity contribution in [2.45, 2.75) is 264 Å². The highest BCUT2D eigenvalue weighted by molar-refractivity contribution is 7.45. The molecular formula is C50H101N2O6P. The number of unbranched alkanes of at least 4 members (excludes halogenated alkanes) is 34. The SMILES string of the molecule is CCCCCCCCCCCCCCCCCCCCCCC/C=C/C(O)C(COP(=O)([O-])OCC[N+](C)(C)C)NC(=O)CCCCCCCCCCCCCCCC. The molecule has 0 aliphatic carbocycles. The Labute approximate surface area is 367 Å². The van der Waals surface area contributed by atoms with Crippen molar-refractivity contribution in [2.24, 2.45) is 0 Å². The van der Waals surface area contributed by atoms with Crippen molar-refractivity contribution in [3.05, 3.63) is 12.2 Å². The Morgan fingerprint density at radius 3 is 1.27 bits per heavy atom. The maximum absolute atomic E-state index is 12.9. The van der Waals surface area contributed by atoms with E-state index in [-0.39, 0.29) is 19.1 Å².